The summed E-state index contributed by atoms with van der Waals surface area (Å²) in [6.45, 7) is 12.2. The minimum absolute atomic E-state index is 0.0423. The summed E-state index contributed by atoms with van der Waals surface area (Å²) in [6.07, 6.45) is 13.8. The van der Waals surface area contributed by atoms with E-state index in [9.17, 15) is 19.8 Å². The number of aliphatic hydroxyl groups is 2. The molecule has 0 saturated carbocycles. The number of carbonyl (C=O) groups is 2. The summed E-state index contributed by atoms with van der Waals surface area (Å²) < 4.78 is 19.6. The van der Waals surface area contributed by atoms with E-state index in [1.54, 1.807) is 25.2 Å². The molecule has 226 valence electrons. The van der Waals surface area contributed by atoms with Gasteiger partial charge in [-0.15, -0.1) is 0 Å². The summed E-state index contributed by atoms with van der Waals surface area (Å²) in [7, 11) is 0. The van der Waals surface area contributed by atoms with E-state index in [1.807, 2.05) is 13.0 Å². The number of rotatable bonds is 2. The lowest BCUT2D eigenvalue weighted by Gasteiger charge is -2.50. The molecular weight excluding hydrogens is 520 g/mol. The lowest BCUT2D eigenvalue weighted by Crippen LogP contribution is -2.55. The third-order valence-corrected chi connectivity index (χ3v) is 9.42. The Hall–Kier alpha value is -2.32. The Kier molecular flexibility index (Phi) is 9.95. The number of carbonyl (C=O) groups excluding carboxylic acids is 2. The maximum atomic E-state index is 13.8. The molecule has 0 aromatic heterocycles. The molecule has 2 N–H and O–H groups in total. The molecule has 41 heavy (non-hydrogen) atoms. The first-order chi connectivity index (χ1) is 19.4. The van der Waals surface area contributed by atoms with Crippen LogP contribution in [0.15, 0.2) is 58.7 Å². The zero-order valence-corrected chi connectivity index (χ0v) is 25.5. The van der Waals surface area contributed by atoms with E-state index in [1.165, 1.54) is 5.57 Å². The van der Waals surface area contributed by atoms with Gasteiger partial charge >= 0.3 is 5.97 Å². The molecule has 3 heterocycles. The van der Waals surface area contributed by atoms with Crippen LogP contribution in [-0.4, -0.2) is 58.3 Å². The fourth-order valence-electron chi connectivity index (χ4n) is 6.82. The lowest BCUT2D eigenvalue weighted by atomic mass is 9.71. The average molecular weight is 569 g/mol. The molecule has 7 heteroatoms. The highest BCUT2D eigenvalue weighted by molar-refractivity contribution is 5.84. The zero-order valence-electron chi connectivity index (χ0n) is 25.5. The van der Waals surface area contributed by atoms with Crippen LogP contribution in [0.4, 0.5) is 0 Å². The number of ether oxygens (including phenoxy) is 3. The molecule has 0 aromatic rings. The van der Waals surface area contributed by atoms with Crippen molar-refractivity contribution in [2.24, 2.45) is 17.8 Å². The van der Waals surface area contributed by atoms with Crippen molar-refractivity contribution in [3.05, 3.63) is 58.7 Å². The van der Waals surface area contributed by atoms with Crippen LogP contribution in [-0.2, 0) is 23.8 Å². The molecule has 9 atom stereocenters. The molecule has 0 radical (unpaired) electrons. The van der Waals surface area contributed by atoms with Gasteiger partial charge in [0, 0.05) is 31.3 Å². The highest BCUT2D eigenvalue weighted by Crippen LogP contribution is 2.45. The van der Waals surface area contributed by atoms with Gasteiger partial charge in [0.15, 0.2) is 5.79 Å². The number of aldehydes is 1. The predicted octanol–water partition coefficient (Wildman–Crippen LogP) is 5.67. The van der Waals surface area contributed by atoms with Crippen LogP contribution in [0.1, 0.15) is 86.5 Å². The predicted molar refractivity (Wildman–Crippen MR) is 158 cm³/mol. The molecule has 1 aliphatic carbocycles. The summed E-state index contributed by atoms with van der Waals surface area (Å²) in [5, 5.41) is 22.5. The van der Waals surface area contributed by atoms with Crippen molar-refractivity contribution < 1.29 is 34.0 Å². The van der Waals surface area contributed by atoms with Crippen molar-refractivity contribution in [1.82, 2.24) is 0 Å². The fourth-order valence-corrected chi connectivity index (χ4v) is 6.82. The minimum Gasteiger partial charge on any atom is -0.462 e. The Labute approximate surface area is 245 Å². The second kappa shape index (κ2) is 12.9. The van der Waals surface area contributed by atoms with Gasteiger partial charge in [-0.3, -0.25) is 9.59 Å². The Bertz CT molecular complexity index is 1150. The van der Waals surface area contributed by atoms with E-state index in [4.69, 9.17) is 14.2 Å². The topological polar surface area (TPSA) is 102 Å². The van der Waals surface area contributed by atoms with Gasteiger partial charge in [-0.1, -0.05) is 55.9 Å². The second-order valence-corrected chi connectivity index (χ2v) is 12.9. The van der Waals surface area contributed by atoms with E-state index in [0.717, 1.165) is 18.4 Å². The smallest absolute Gasteiger partial charge is 0.316 e. The molecule has 1 spiro atoms. The molecule has 2 fully saturated rings. The van der Waals surface area contributed by atoms with Gasteiger partial charge in [-0.2, -0.15) is 0 Å². The molecule has 2 bridgehead atoms. The van der Waals surface area contributed by atoms with Crippen LogP contribution in [0.5, 0.6) is 0 Å². The first-order valence-corrected chi connectivity index (χ1v) is 15.2. The quantitative estimate of drug-likeness (QED) is 0.251. The Morgan fingerprint density at radius 3 is 2.61 bits per heavy atom. The Balaban J connectivity index is 1.73. The molecule has 0 unspecified atom stereocenters. The van der Waals surface area contributed by atoms with Crippen LogP contribution >= 0.6 is 0 Å². The number of esters is 1. The van der Waals surface area contributed by atoms with Crippen LogP contribution in [0, 0.1) is 17.8 Å². The van der Waals surface area contributed by atoms with Crippen molar-refractivity contribution >= 4 is 12.3 Å². The molecule has 3 aliphatic heterocycles. The van der Waals surface area contributed by atoms with Crippen molar-refractivity contribution in [2.75, 3.05) is 0 Å². The maximum absolute atomic E-state index is 13.8. The molecule has 2 saturated heterocycles. The summed E-state index contributed by atoms with van der Waals surface area (Å²) in [4.78, 5) is 26.1. The molecular formula is C34H48O7. The van der Waals surface area contributed by atoms with Gasteiger partial charge in [-0.05, 0) is 69.9 Å². The number of allylic oxidation sites excluding steroid dienone is 5. The molecule has 4 rings (SSSR count). The summed E-state index contributed by atoms with van der Waals surface area (Å²) in [6, 6.07) is 0. The average Bonchev–Trinajstić information content (AvgIpc) is 2.92. The van der Waals surface area contributed by atoms with Crippen LogP contribution in [0.25, 0.3) is 0 Å². The van der Waals surface area contributed by atoms with Crippen molar-refractivity contribution in [1.29, 1.82) is 0 Å². The van der Waals surface area contributed by atoms with Gasteiger partial charge in [0.05, 0.1) is 18.3 Å². The van der Waals surface area contributed by atoms with Gasteiger partial charge in [0.2, 0.25) is 0 Å². The second-order valence-electron chi connectivity index (χ2n) is 12.9. The first-order valence-electron chi connectivity index (χ1n) is 15.2. The van der Waals surface area contributed by atoms with Crippen molar-refractivity contribution in [2.45, 2.75) is 122 Å². The number of fused-ring (bicyclic) bond motifs is 3. The Morgan fingerprint density at radius 2 is 1.90 bits per heavy atom. The zero-order chi connectivity index (χ0) is 29.9. The SMILES string of the molecule is C/C=C(\C)[C@H]1O[C@]2(CC[C@@H]1C)C[C@@H]1C[C@@H](CC=C(C)C[C@@H](C)C=CC=C(C=O)[C@]3(O)C[C@H](O)C(C)=C[C@H]3C(=O)O1)O2. The first kappa shape index (κ1) is 31.6. The van der Waals surface area contributed by atoms with E-state index in [2.05, 4.69) is 39.8 Å². The van der Waals surface area contributed by atoms with Crippen molar-refractivity contribution in [3.63, 3.8) is 0 Å². The van der Waals surface area contributed by atoms with Crippen molar-refractivity contribution in [3.8, 4) is 0 Å². The van der Waals surface area contributed by atoms with Gasteiger partial charge in [0.1, 0.15) is 23.9 Å². The third kappa shape index (κ3) is 7.02. The Morgan fingerprint density at radius 1 is 1.15 bits per heavy atom. The molecule has 4 aliphatic rings. The highest BCUT2D eigenvalue weighted by Gasteiger charge is 2.52. The van der Waals surface area contributed by atoms with E-state index in [0.29, 0.717) is 43.5 Å². The van der Waals surface area contributed by atoms with E-state index in [-0.39, 0.29) is 30.1 Å². The molecule has 0 aromatic carbocycles. The molecule has 0 amide bonds. The fraction of sp³-hybridized carbons (Fsp3) is 0.647. The van der Waals surface area contributed by atoms with Gasteiger partial charge in [0.25, 0.3) is 0 Å². The monoisotopic (exact) mass is 568 g/mol. The largest absolute Gasteiger partial charge is 0.462 e. The van der Waals surface area contributed by atoms with Gasteiger partial charge < -0.3 is 24.4 Å². The number of aliphatic hydroxyl groups excluding tert-OH is 1. The van der Waals surface area contributed by atoms with Crippen LogP contribution in [0.3, 0.4) is 0 Å². The number of hydrogen-bond acceptors (Lipinski definition) is 7. The van der Waals surface area contributed by atoms with E-state index < -0.39 is 35.5 Å². The van der Waals surface area contributed by atoms with E-state index >= 15 is 0 Å². The number of hydrogen-bond donors (Lipinski definition) is 2. The minimum atomic E-state index is -1.90. The highest BCUT2D eigenvalue weighted by atomic mass is 16.7. The lowest BCUT2D eigenvalue weighted by molar-refractivity contribution is -0.329. The summed E-state index contributed by atoms with van der Waals surface area (Å²) >= 11 is 0. The third-order valence-electron chi connectivity index (χ3n) is 9.42. The summed E-state index contributed by atoms with van der Waals surface area (Å²) in [5.74, 6) is -2.09. The van der Waals surface area contributed by atoms with Gasteiger partial charge in [-0.25, -0.2) is 0 Å². The standard InChI is InChI=1S/C34H48O7/c1-7-23(4)31-24(5)13-14-33(41-31)18-28-17-27(40-33)12-11-22(3)15-21(2)9-8-10-26(20-35)34(38)19-30(36)25(6)16-29(34)32(37)39-28/h7-11,16,20-21,24,27-31,36,38H,12-15,17-19H2,1-6H3/b9-8?,22-11?,23-7+,26-10?/t21-,24-,27+,28-,29-,30-,31+,33+,34+/m0/s1. The molecule has 7 nitrogen and oxygen atoms in total. The maximum Gasteiger partial charge on any atom is 0.316 e. The van der Waals surface area contributed by atoms with Crippen LogP contribution in [0.2, 0.25) is 0 Å². The summed E-state index contributed by atoms with van der Waals surface area (Å²) in [5.41, 5.74) is 1.09. The normalized spacial score (nSPS) is 41.1. The van der Waals surface area contributed by atoms with Crippen LogP contribution < -0.4 is 0 Å².